The lowest BCUT2D eigenvalue weighted by Gasteiger charge is -2.33. The Morgan fingerprint density at radius 1 is 1.00 bits per heavy atom. The standard InChI is InChI=1S/C32H37N3O6/c1-23-13-15-25(16-14-23)21-34(31(36)22-41-27-17-18-28(35(38)39)30(20-27)40-2)29(19-24-9-5-3-6-10-24)32(37)33-26-11-7-4-8-12-26/h3,5-6,9-10,13-18,20,26,29H,4,7-8,11-12,19,21-22H2,1-2H3,(H,33,37). The maximum atomic E-state index is 13.8. The third-order valence-corrected chi connectivity index (χ3v) is 7.41. The van der Waals surface area contributed by atoms with Crippen molar-refractivity contribution in [1.82, 2.24) is 10.2 Å². The summed E-state index contributed by atoms with van der Waals surface area (Å²) in [6.07, 6.45) is 5.53. The zero-order chi connectivity index (χ0) is 29.2. The van der Waals surface area contributed by atoms with Crippen LogP contribution in [0.3, 0.4) is 0 Å². The molecule has 0 aliphatic heterocycles. The van der Waals surface area contributed by atoms with Gasteiger partial charge in [-0.2, -0.15) is 0 Å². The Kier molecular flexibility index (Phi) is 10.3. The van der Waals surface area contributed by atoms with Gasteiger partial charge in [-0.3, -0.25) is 19.7 Å². The molecule has 0 radical (unpaired) electrons. The second kappa shape index (κ2) is 14.3. The van der Waals surface area contributed by atoms with E-state index in [1.807, 2.05) is 61.5 Å². The van der Waals surface area contributed by atoms with Crippen LogP contribution in [0.2, 0.25) is 0 Å². The molecule has 1 unspecified atom stereocenters. The first-order valence-corrected chi connectivity index (χ1v) is 14.0. The van der Waals surface area contributed by atoms with Gasteiger partial charge in [0.15, 0.2) is 6.61 Å². The fraction of sp³-hybridized carbons (Fsp3) is 0.375. The summed E-state index contributed by atoms with van der Waals surface area (Å²) in [6, 6.07) is 20.9. The molecule has 3 aromatic rings. The monoisotopic (exact) mass is 559 g/mol. The van der Waals surface area contributed by atoms with Gasteiger partial charge >= 0.3 is 5.69 Å². The molecule has 2 amide bonds. The number of aryl methyl sites for hydroxylation is 1. The molecule has 1 atom stereocenters. The highest BCUT2D eigenvalue weighted by molar-refractivity contribution is 5.88. The van der Waals surface area contributed by atoms with Crippen molar-refractivity contribution in [3.05, 3.63) is 99.6 Å². The van der Waals surface area contributed by atoms with Crippen molar-refractivity contribution in [2.24, 2.45) is 0 Å². The minimum Gasteiger partial charge on any atom is -0.490 e. The van der Waals surface area contributed by atoms with E-state index in [1.54, 1.807) is 4.90 Å². The second-order valence-corrected chi connectivity index (χ2v) is 10.4. The predicted molar refractivity (Wildman–Crippen MR) is 156 cm³/mol. The Balaban J connectivity index is 1.61. The molecule has 4 rings (SSSR count). The van der Waals surface area contributed by atoms with Gasteiger partial charge in [0, 0.05) is 31.1 Å². The number of hydrogen-bond acceptors (Lipinski definition) is 6. The smallest absolute Gasteiger partial charge is 0.311 e. The van der Waals surface area contributed by atoms with Crippen molar-refractivity contribution in [3.63, 3.8) is 0 Å². The maximum absolute atomic E-state index is 13.8. The summed E-state index contributed by atoms with van der Waals surface area (Å²) < 4.78 is 10.9. The number of nitro benzene ring substituents is 1. The number of benzene rings is 3. The van der Waals surface area contributed by atoms with Crippen molar-refractivity contribution in [2.45, 2.75) is 64.1 Å². The van der Waals surface area contributed by atoms with Crippen LogP contribution in [0.1, 0.15) is 48.8 Å². The molecule has 216 valence electrons. The molecule has 3 aromatic carbocycles. The molecule has 1 fully saturated rings. The minimum absolute atomic E-state index is 0.0327. The molecule has 0 saturated heterocycles. The van der Waals surface area contributed by atoms with E-state index in [2.05, 4.69) is 5.32 Å². The average Bonchev–Trinajstić information content (AvgIpc) is 2.99. The Morgan fingerprint density at radius 3 is 2.37 bits per heavy atom. The second-order valence-electron chi connectivity index (χ2n) is 10.4. The molecule has 9 nitrogen and oxygen atoms in total. The number of amides is 2. The molecular weight excluding hydrogens is 522 g/mol. The minimum atomic E-state index is -0.761. The van der Waals surface area contributed by atoms with Crippen LogP contribution >= 0.6 is 0 Å². The first kappa shape index (κ1) is 29.6. The number of ether oxygens (including phenoxy) is 2. The molecular formula is C32H37N3O6. The number of nitrogens with one attached hydrogen (secondary N) is 1. The summed E-state index contributed by atoms with van der Waals surface area (Å²) in [5, 5.41) is 14.5. The number of hydrogen-bond donors (Lipinski definition) is 1. The number of nitro groups is 1. The van der Waals surface area contributed by atoms with E-state index >= 15 is 0 Å². The van der Waals surface area contributed by atoms with Crippen LogP contribution in [0.15, 0.2) is 72.8 Å². The van der Waals surface area contributed by atoms with Crippen LogP contribution in [-0.4, -0.2) is 47.4 Å². The molecule has 1 aliphatic carbocycles. The predicted octanol–water partition coefficient (Wildman–Crippen LogP) is 5.38. The summed E-state index contributed by atoms with van der Waals surface area (Å²) in [5.74, 6) is -0.270. The van der Waals surface area contributed by atoms with Gasteiger partial charge in [0.1, 0.15) is 11.8 Å². The lowest BCUT2D eigenvalue weighted by atomic mass is 9.94. The van der Waals surface area contributed by atoms with E-state index < -0.39 is 11.0 Å². The SMILES string of the molecule is COc1cc(OCC(=O)N(Cc2ccc(C)cc2)C(Cc2ccccc2)C(=O)NC2CCCCC2)ccc1[N+](=O)[O-]. The van der Waals surface area contributed by atoms with Crippen LogP contribution in [0.4, 0.5) is 5.69 Å². The summed E-state index contributed by atoms with van der Waals surface area (Å²) in [4.78, 5) is 40.0. The zero-order valence-corrected chi connectivity index (χ0v) is 23.6. The van der Waals surface area contributed by atoms with Gasteiger partial charge in [-0.15, -0.1) is 0 Å². The van der Waals surface area contributed by atoms with Crippen LogP contribution in [0.25, 0.3) is 0 Å². The first-order valence-electron chi connectivity index (χ1n) is 14.0. The topological polar surface area (TPSA) is 111 Å². The van der Waals surface area contributed by atoms with Crippen molar-refractivity contribution >= 4 is 17.5 Å². The number of methoxy groups -OCH3 is 1. The Labute approximate surface area is 240 Å². The molecule has 41 heavy (non-hydrogen) atoms. The van der Waals surface area contributed by atoms with E-state index in [0.29, 0.717) is 6.42 Å². The molecule has 0 bridgehead atoms. The molecule has 1 saturated carbocycles. The van der Waals surface area contributed by atoms with E-state index in [9.17, 15) is 19.7 Å². The molecule has 0 spiro atoms. The Bertz CT molecular complexity index is 1320. The van der Waals surface area contributed by atoms with E-state index in [4.69, 9.17) is 9.47 Å². The molecule has 0 heterocycles. The fourth-order valence-electron chi connectivity index (χ4n) is 5.12. The quantitative estimate of drug-likeness (QED) is 0.236. The van der Waals surface area contributed by atoms with Crippen molar-refractivity contribution < 1.29 is 24.0 Å². The van der Waals surface area contributed by atoms with Gasteiger partial charge in [-0.25, -0.2) is 0 Å². The molecule has 1 N–H and O–H groups in total. The largest absolute Gasteiger partial charge is 0.490 e. The third-order valence-electron chi connectivity index (χ3n) is 7.41. The fourth-order valence-corrected chi connectivity index (χ4v) is 5.12. The van der Waals surface area contributed by atoms with Crippen molar-refractivity contribution in [3.8, 4) is 11.5 Å². The Morgan fingerprint density at radius 2 is 1.71 bits per heavy atom. The highest BCUT2D eigenvalue weighted by Crippen LogP contribution is 2.31. The lowest BCUT2D eigenvalue weighted by molar-refractivity contribution is -0.385. The maximum Gasteiger partial charge on any atom is 0.311 e. The van der Waals surface area contributed by atoms with E-state index in [1.165, 1.54) is 31.7 Å². The van der Waals surface area contributed by atoms with Gasteiger partial charge < -0.3 is 19.7 Å². The summed E-state index contributed by atoms with van der Waals surface area (Å²) in [5.41, 5.74) is 2.73. The number of rotatable bonds is 12. The van der Waals surface area contributed by atoms with Crippen LogP contribution < -0.4 is 14.8 Å². The summed E-state index contributed by atoms with van der Waals surface area (Å²) in [7, 11) is 1.33. The number of carbonyl (C=O) groups is 2. The zero-order valence-electron chi connectivity index (χ0n) is 23.6. The molecule has 9 heteroatoms. The normalized spacial score (nSPS) is 14.1. The molecule has 1 aliphatic rings. The van der Waals surface area contributed by atoms with E-state index in [-0.39, 0.29) is 48.2 Å². The lowest BCUT2D eigenvalue weighted by Crippen LogP contribution is -2.53. The Hall–Kier alpha value is -4.40. The van der Waals surface area contributed by atoms with Crippen LogP contribution in [0, 0.1) is 17.0 Å². The number of carbonyl (C=O) groups excluding carboxylic acids is 2. The third kappa shape index (κ3) is 8.30. The van der Waals surface area contributed by atoms with Crippen molar-refractivity contribution in [1.29, 1.82) is 0 Å². The molecule has 0 aromatic heterocycles. The van der Waals surface area contributed by atoms with Crippen molar-refractivity contribution in [2.75, 3.05) is 13.7 Å². The number of nitrogens with zero attached hydrogens (tertiary/aromatic N) is 2. The van der Waals surface area contributed by atoms with Gasteiger partial charge in [0.2, 0.25) is 11.7 Å². The average molecular weight is 560 g/mol. The van der Waals surface area contributed by atoms with Crippen LogP contribution in [0.5, 0.6) is 11.5 Å². The highest BCUT2D eigenvalue weighted by Gasteiger charge is 2.32. The van der Waals surface area contributed by atoms with Gasteiger partial charge in [0.05, 0.1) is 12.0 Å². The van der Waals surface area contributed by atoms with E-state index in [0.717, 1.165) is 42.4 Å². The van der Waals surface area contributed by atoms with Gasteiger partial charge in [-0.05, 0) is 37.0 Å². The van der Waals surface area contributed by atoms with Crippen LogP contribution in [-0.2, 0) is 22.6 Å². The van der Waals surface area contributed by atoms with Gasteiger partial charge in [-0.1, -0.05) is 79.4 Å². The summed E-state index contributed by atoms with van der Waals surface area (Å²) >= 11 is 0. The first-order chi connectivity index (χ1) is 19.8. The highest BCUT2D eigenvalue weighted by atomic mass is 16.6. The summed E-state index contributed by atoms with van der Waals surface area (Å²) in [6.45, 7) is 1.87. The van der Waals surface area contributed by atoms with Gasteiger partial charge in [0.25, 0.3) is 5.91 Å².